The molecule has 0 amide bonds. The highest BCUT2D eigenvalue weighted by molar-refractivity contribution is 5.70. The molecule has 3 aromatic carbocycles. The molecule has 0 aliphatic heterocycles. The van der Waals surface area contributed by atoms with Crippen molar-refractivity contribution in [3.05, 3.63) is 90.3 Å². The van der Waals surface area contributed by atoms with Gasteiger partial charge in [-0.3, -0.25) is 0 Å². The standard InChI is InChI=1S/C22H15N3O2/c23-13-19-3-1-2-4-21(19)17-7-5-16(6-8-17)14-26-20-11-9-18(10-12-20)22-25-24-15-27-22/h1-12,15H,14H2. The zero-order valence-corrected chi connectivity index (χ0v) is 14.4. The van der Waals surface area contributed by atoms with Gasteiger partial charge in [-0.25, -0.2) is 0 Å². The predicted molar refractivity (Wildman–Crippen MR) is 101 cm³/mol. The Hall–Kier alpha value is -3.91. The largest absolute Gasteiger partial charge is 0.489 e. The number of hydrogen-bond donors (Lipinski definition) is 0. The Kier molecular flexibility index (Phi) is 4.62. The van der Waals surface area contributed by atoms with Crippen LogP contribution in [0.1, 0.15) is 11.1 Å². The van der Waals surface area contributed by atoms with Crippen molar-refractivity contribution in [2.75, 3.05) is 0 Å². The Labute approximate surface area is 156 Å². The van der Waals surface area contributed by atoms with Crippen molar-refractivity contribution in [1.29, 1.82) is 5.26 Å². The van der Waals surface area contributed by atoms with E-state index in [1.165, 1.54) is 6.39 Å². The molecule has 5 heteroatoms. The minimum Gasteiger partial charge on any atom is -0.489 e. The zero-order valence-electron chi connectivity index (χ0n) is 14.4. The number of aromatic nitrogens is 2. The van der Waals surface area contributed by atoms with Gasteiger partial charge in [-0.05, 0) is 47.0 Å². The Morgan fingerprint density at radius 1 is 0.889 bits per heavy atom. The maximum Gasteiger partial charge on any atom is 0.247 e. The molecule has 0 bridgehead atoms. The maximum atomic E-state index is 9.24. The molecule has 4 aromatic rings. The SMILES string of the molecule is N#Cc1ccccc1-c1ccc(COc2ccc(-c3nnco3)cc2)cc1. The van der Waals surface area contributed by atoms with E-state index in [9.17, 15) is 5.26 Å². The van der Waals surface area contributed by atoms with Crippen LogP contribution in [0.4, 0.5) is 0 Å². The molecule has 0 radical (unpaired) electrons. The summed E-state index contributed by atoms with van der Waals surface area (Å²) >= 11 is 0. The number of nitrogens with zero attached hydrogens (tertiary/aromatic N) is 3. The molecule has 0 fully saturated rings. The summed E-state index contributed by atoms with van der Waals surface area (Å²) in [5.74, 6) is 1.24. The highest BCUT2D eigenvalue weighted by Crippen LogP contribution is 2.24. The van der Waals surface area contributed by atoms with Crippen molar-refractivity contribution in [3.63, 3.8) is 0 Å². The second-order valence-corrected chi connectivity index (χ2v) is 5.91. The summed E-state index contributed by atoms with van der Waals surface area (Å²) in [5.41, 5.74) is 4.52. The van der Waals surface area contributed by atoms with Crippen molar-refractivity contribution < 1.29 is 9.15 Å². The van der Waals surface area contributed by atoms with Crippen molar-refractivity contribution in [3.8, 4) is 34.4 Å². The lowest BCUT2D eigenvalue weighted by atomic mass is 9.99. The summed E-state index contributed by atoms with van der Waals surface area (Å²) in [4.78, 5) is 0. The van der Waals surface area contributed by atoms with Gasteiger partial charge in [0.2, 0.25) is 12.3 Å². The molecule has 0 atom stereocenters. The minimum absolute atomic E-state index is 0.458. The van der Waals surface area contributed by atoms with Gasteiger partial charge in [0.05, 0.1) is 11.6 Å². The van der Waals surface area contributed by atoms with E-state index in [4.69, 9.17) is 9.15 Å². The second kappa shape index (κ2) is 7.54. The average molecular weight is 353 g/mol. The fourth-order valence-electron chi connectivity index (χ4n) is 2.77. The average Bonchev–Trinajstić information content (AvgIpc) is 3.28. The number of rotatable bonds is 5. The molecule has 0 spiro atoms. The van der Waals surface area contributed by atoms with E-state index in [0.29, 0.717) is 18.1 Å². The van der Waals surface area contributed by atoms with E-state index < -0.39 is 0 Å². The third-order valence-corrected chi connectivity index (χ3v) is 4.18. The van der Waals surface area contributed by atoms with Crippen LogP contribution in [0.25, 0.3) is 22.6 Å². The van der Waals surface area contributed by atoms with Gasteiger partial charge in [-0.1, -0.05) is 42.5 Å². The van der Waals surface area contributed by atoms with E-state index in [2.05, 4.69) is 16.3 Å². The maximum absolute atomic E-state index is 9.24. The lowest BCUT2D eigenvalue weighted by Crippen LogP contribution is -1.95. The van der Waals surface area contributed by atoms with Crippen LogP contribution in [0.3, 0.4) is 0 Å². The normalized spacial score (nSPS) is 10.3. The van der Waals surface area contributed by atoms with Crippen molar-refractivity contribution in [2.24, 2.45) is 0 Å². The number of ether oxygens (including phenoxy) is 1. The summed E-state index contributed by atoms with van der Waals surface area (Å²) < 4.78 is 11.0. The molecule has 5 nitrogen and oxygen atoms in total. The smallest absolute Gasteiger partial charge is 0.247 e. The highest BCUT2D eigenvalue weighted by Gasteiger charge is 2.05. The number of nitriles is 1. The Balaban J connectivity index is 1.43. The number of hydrogen-bond acceptors (Lipinski definition) is 5. The van der Waals surface area contributed by atoms with E-state index in [1.807, 2.05) is 72.8 Å². The Morgan fingerprint density at radius 2 is 1.63 bits per heavy atom. The van der Waals surface area contributed by atoms with Gasteiger partial charge < -0.3 is 9.15 Å². The van der Waals surface area contributed by atoms with Gasteiger partial charge in [0.1, 0.15) is 12.4 Å². The number of benzene rings is 3. The second-order valence-electron chi connectivity index (χ2n) is 5.91. The van der Waals surface area contributed by atoms with Crippen LogP contribution < -0.4 is 4.74 Å². The van der Waals surface area contributed by atoms with Crippen molar-refractivity contribution in [1.82, 2.24) is 10.2 Å². The third-order valence-electron chi connectivity index (χ3n) is 4.18. The van der Waals surface area contributed by atoms with Gasteiger partial charge in [0, 0.05) is 5.56 Å². The van der Waals surface area contributed by atoms with Crippen molar-refractivity contribution >= 4 is 0 Å². The summed E-state index contributed by atoms with van der Waals surface area (Å²) in [6.45, 7) is 0.458. The Morgan fingerprint density at radius 3 is 2.33 bits per heavy atom. The molecule has 27 heavy (non-hydrogen) atoms. The van der Waals surface area contributed by atoms with E-state index in [0.717, 1.165) is 28.0 Å². The summed E-state index contributed by atoms with van der Waals surface area (Å²) in [5, 5.41) is 16.8. The molecular formula is C22H15N3O2. The molecular weight excluding hydrogens is 338 g/mol. The molecule has 0 N–H and O–H groups in total. The lowest BCUT2D eigenvalue weighted by molar-refractivity contribution is 0.306. The first-order valence-electron chi connectivity index (χ1n) is 8.41. The third kappa shape index (κ3) is 3.70. The molecule has 0 unspecified atom stereocenters. The summed E-state index contributed by atoms with van der Waals surface area (Å²) in [6.07, 6.45) is 1.30. The molecule has 4 rings (SSSR count). The van der Waals surface area contributed by atoms with Gasteiger partial charge in [0.15, 0.2) is 0 Å². The van der Waals surface area contributed by atoms with Crippen molar-refractivity contribution in [2.45, 2.75) is 6.61 Å². The first-order chi connectivity index (χ1) is 13.3. The van der Waals surface area contributed by atoms with Crippen LogP contribution in [0, 0.1) is 11.3 Å². The van der Waals surface area contributed by atoms with Gasteiger partial charge in [-0.15, -0.1) is 10.2 Å². The summed E-state index contributed by atoms with van der Waals surface area (Å²) in [7, 11) is 0. The van der Waals surface area contributed by atoms with Crippen LogP contribution in [-0.2, 0) is 6.61 Å². The monoisotopic (exact) mass is 353 g/mol. The minimum atomic E-state index is 0.458. The highest BCUT2D eigenvalue weighted by atomic mass is 16.5. The van der Waals surface area contributed by atoms with Crippen LogP contribution in [-0.4, -0.2) is 10.2 Å². The van der Waals surface area contributed by atoms with E-state index in [-0.39, 0.29) is 0 Å². The molecule has 130 valence electrons. The van der Waals surface area contributed by atoms with E-state index in [1.54, 1.807) is 0 Å². The fraction of sp³-hybridized carbons (Fsp3) is 0.0455. The molecule has 1 heterocycles. The Bertz CT molecular complexity index is 1060. The molecule has 0 aliphatic carbocycles. The first-order valence-corrected chi connectivity index (χ1v) is 8.41. The molecule has 0 aliphatic rings. The fourth-order valence-corrected chi connectivity index (χ4v) is 2.77. The topological polar surface area (TPSA) is 71.9 Å². The lowest BCUT2D eigenvalue weighted by Gasteiger charge is -2.08. The molecule has 0 saturated heterocycles. The zero-order chi connectivity index (χ0) is 18.5. The van der Waals surface area contributed by atoms with Gasteiger partial charge in [-0.2, -0.15) is 5.26 Å². The predicted octanol–water partition coefficient (Wildman–Crippen LogP) is 4.85. The molecule has 0 saturated carbocycles. The quantitative estimate of drug-likeness (QED) is 0.512. The van der Waals surface area contributed by atoms with Crippen LogP contribution >= 0.6 is 0 Å². The van der Waals surface area contributed by atoms with Gasteiger partial charge >= 0.3 is 0 Å². The first kappa shape index (κ1) is 16.6. The summed E-state index contributed by atoms with van der Waals surface area (Å²) in [6, 6.07) is 25.4. The van der Waals surface area contributed by atoms with Crippen LogP contribution in [0.5, 0.6) is 5.75 Å². The molecule has 1 aromatic heterocycles. The van der Waals surface area contributed by atoms with E-state index >= 15 is 0 Å². The van der Waals surface area contributed by atoms with Gasteiger partial charge in [0.25, 0.3) is 0 Å². The van der Waals surface area contributed by atoms with Crippen LogP contribution in [0.15, 0.2) is 83.6 Å². The van der Waals surface area contributed by atoms with Crippen LogP contribution in [0.2, 0.25) is 0 Å².